The lowest BCUT2D eigenvalue weighted by atomic mass is 9.68. The molecule has 2 unspecified atom stereocenters. The van der Waals surface area contributed by atoms with Gasteiger partial charge in [-0.2, -0.15) is 9.97 Å². The van der Waals surface area contributed by atoms with Crippen LogP contribution in [0.15, 0.2) is 126 Å². The first kappa shape index (κ1) is 53.1. The number of benzene rings is 4. The van der Waals surface area contributed by atoms with Crippen LogP contribution in [-0.2, 0) is 24.5 Å². The zero-order valence-electron chi connectivity index (χ0n) is 46.5. The number of ether oxygens (including phenoxy) is 2. The smallest absolute Gasteiger partial charge is 0.253 e. The van der Waals surface area contributed by atoms with Gasteiger partial charge < -0.3 is 40.6 Å². The monoisotopic (exact) mass is 1050 g/mol. The minimum atomic E-state index is -0.207. The second-order valence-electron chi connectivity index (χ2n) is 22.1. The number of nitrogens with two attached hydrogens (primary N) is 1. The Labute approximate surface area is 457 Å². The van der Waals surface area contributed by atoms with Crippen molar-refractivity contribution in [1.29, 1.82) is 0 Å². The van der Waals surface area contributed by atoms with Crippen LogP contribution in [0.25, 0.3) is 22.3 Å². The summed E-state index contributed by atoms with van der Waals surface area (Å²) in [7, 11) is 1.78. The largest absolute Gasteiger partial charge is 0.471 e. The number of carbonyl (C=O) groups excluding carboxylic acids is 3. The molecular formula is C63H71N10O5+. The Balaban J connectivity index is 0.747. The van der Waals surface area contributed by atoms with Crippen molar-refractivity contribution >= 4 is 57.4 Å². The number of H-pyrrole nitrogens is 1. The van der Waals surface area contributed by atoms with Crippen LogP contribution >= 0.6 is 0 Å². The fourth-order valence-corrected chi connectivity index (χ4v) is 12.2. The number of aromatic nitrogens is 4. The van der Waals surface area contributed by atoms with E-state index in [2.05, 4.69) is 145 Å². The molecule has 3 amide bonds. The van der Waals surface area contributed by atoms with Crippen molar-refractivity contribution in [2.45, 2.75) is 106 Å². The highest BCUT2D eigenvalue weighted by atomic mass is 16.5. The number of nitrogens with one attached hydrogen (secondary N) is 3. The summed E-state index contributed by atoms with van der Waals surface area (Å²) in [5, 5.41) is 5.95. The van der Waals surface area contributed by atoms with E-state index in [9.17, 15) is 14.4 Å². The molecule has 0 saturated heterocycles. The number of hydrogen-bond acceptors (Lipinski definition) is 10. The molecule has 0 saturated carbocycles. The molecule has 10 rings (SSSR count). The zero-order valence-corrected chi connectivity index (χ0v) is 46.5. The molecule has 15 heteroatoms. The SMILES string of the molecule is CCN1c2cc3c(cc2C(C)=CC1(C)C)C(c1ccc(C(=O)N(C)CCCC(=O)NCc2ccc(C(=O)NCc4ccc(COc5nc(N)nc6nc[nH]c56)cc4)cc2)cc1)=C1C(=CC2=[N+](CC)C(C)(C)C=C(C)C2C1C)O3. The number of anilines is 2. The maximum Gasteiger partial charge on any atom is 0.253 e. The van der Waals surface area contributed by atoms with Crippen molar-refractivity contribution in [1.82, 2.24) is 35.5 Å². The Morgan fingerprint density at radius 3 is 2.26 bits per heavy atom. The van der Waals surface area contributed by atoms with E-state index in [1.54, 1.807) is 24.1 Å². The summed E-state index contributed by atoms with van der Waals surface area (Å²) in [6.07, 6.45) is 9.37. The molecular weight excluding hydrogens is 977 g/mol. The van der Waals surface area contributed by atoms with Gasteiger partial charge in [0.05, 0.1) is 17.8 Å². The number of aromatic amines is 1. The molecule has 0 fully saturated rings. The molecule has 15 nitrogen and oxygen atoms in total. The molecule has 2 atom stereocenters. The first-order valence-electron chi connectivity index (χ1n) is 27.1. The van der Waals surface area contributed by atoms with Gasteiger partial charge in [-0.15, -0.1) is 0 Å². The van der Waals surface area contributed by atoms with Crippen LogP contribution < -0.4 is 30.7 Å². The third-order valence-electron chi connectivity index (χ3n) is 15.9. The molecule has 4 aliphatic rings. The maximum atomic E-state index is 13.9. The molecule has 402 valence electrons. The normalized spacial score (nSPS) is 17.9. The molecule has 4 aromatic carbocycles. The average molecular weight is 1050 g/mol. The van der Waals surface area contributed by atoms with Crippen molar-refractivity contribution in [3.05, 3.63) is 171 Å². The number of imidazole rings is 1. The quantitative estimate of drug-likeness (QED) is 0.0538. The topological polar surface area (TPSA) is 184 Å². The lowest BCUT2D eigenvalue weighted by molar-refractivity contribution is -0.588. The summed E-state index contributed by atoms with van der Waals surface area (Å²) in [5.74, 6) is 2.02. The van der Waals surface area contributed by atoms with E-state index in [1.807, 2.05) is 48.5 Å². The van der Waals surface area contributed by atoms with Crippen LogP contribution in [0.1, 0.15) is 129 Å². The maximum absolute atomic E-state index is 13.9. The number of carbonyl (C=O) groups is 3. The van der Waals surface area contributed by atoms with Crippen LogP contribution in [0.3, 0.4) is 0 Å². The van der Waals surface area contributed by atoms with E-state index in [1.165, 1.54) is 40.0 Å². The molecule has 6 aromatic rings. The van der Waals surface area contributed by atoms with E-state index in [-0.39, 0.29) is 59.6 Å². The number of fused-ring (bicyclic) bond motifs is 5. The highest BCUT2D eigenvalue weighted by Crippen LogP contribution is 2.53. The Kier molecular flexibility index (Phi) is 14.5. The zero-order chi connectivity index (χ0) is 55.2. The minimum absolute atomic E-state index is 0.0810. The van der Waals surface area contributed by atoms with E-state index in [0.717, 1.165) is 58.0 Å². The van der Waals surface area contributed by atoms with E-state index < -0.39 is 0 Å². The van der Waals surface area contributed by atoms with Crippen LogP contribution in [0.4, 0.5) is 11.6 Å². The highest BCUT2D eigenvalue weighted by Gasteiger charge is 2.48. The van der Waals surface area contributed by atoms with Crippen LogP contribution in [0.5, 0.6) is 11.6 Å². The van der Waals surface area contributed by atoms with Gasteiger partial charge in [0, 0.05) is 105 Å². The number of hydrogen-bond donors (Lipinski definition) is 4. The minimum Gasteiger partial charge on any atom is -0.471 e. The van der Waals surface area contributed by atoms with E-state index >= 15 is 0 Å². The van der Waals surface area contributed by atoms with Crippen molar-refractivity contribution in [3.63, 3.8) is 0 Å². The first-order chi connectivity index (χ1) is 37.3. The Morgan fingerprint density at radius 2 is 1.55 bits per heavy atom. The summed E-state index contributed by atoms with van der Waals surface area (Å²) >= 11 is 0. The second-order valence-corrected chi connectivity index (χ2v) is 22.1. The van der Waals surface area contributed by atoms with Gasteiger partial charge in [0.1, 0.15) is 30.2 Å². The summed E-state index contributed by atoms with van der Waals surface area (Å²) in [5.41, 5.74) is 21.0. The predicted octanol–water partition coefficient (Wildman–Crippen LogP) is 10.2. The standard InChI is InChI=1S/C63H70N10O5/c1-11-72-48-29-50-47(28-46(48)37(3)31-62(72,6)7)55(54-39(5)53-38(4)32-63(8,9)73(12-2)49(53)30-51(54)78-50)43-23-25-45(26-24-43)60(76)71(10)27-13-14-52(74)65-33-41-19-21-44(22-20-41)58(75)66-34-40-15-17-42(18-16-40)35-77-59-56-57(68-36-67-56)69-61(64)70-59/h15-26,28-32,36,39,53,64H,11-14,27,33-35H2,1-10H3,(H3,65,66,74,75,76)/p+1. The number of nitrogens with zero attached hydrogens (tertiary/aromatic N) is 6. The fraction of sp³-hybridized carbons (Fsp3) is 0.349. The third-order valence-corrected chi connectivity index (χ3v) is 15.9. The van der Waals surface area contributed by atoms with Crippen LogP contribution in [0, 0.1) is 11.8 Å². The summed E-state index contributed by atoms with van der Waals surface area (Å²) < 4.78 is 15.5. The van der Waals surface area contributed by atoms with Gasteiger partial charge in [0.2, 0.25) is 17.7 Å². The van der Waals surface area contributed by atoms with Gasteiger partial charge in [-0.25, -0.2) is 9.56 Å². The summed E-state index contributed by atoms with van der Waals surface area (Å²) in [4.78, 5) is 59.4. The van der Waals surface area contributed by atoms with Gasteiger partial charge in [0.25, 0.3) is 11.8 Å². The number of nitrogen functional groups attached to an aromatic ring is 1. The van der Waals surface area contributed by atoms with Gasteiger partial charge in [0.15, 0.2) is 16.9 Å². The van der Waals surface area contributed by atoms with Gasteiger partial charge >= 0.3 is 0 Å². The number of likely N-dealkylation sites (N-methyl/N-ethyl adjacent to an activating group) is 2. The van der Waals surface area contributed by atoms with Crippen molar-refractivity contribution in [2.75, 3.05) is 37.3 Å². The number of amides is 3. The number of allylic oxidation sites excluding steroid dienone is 4. The Morgan fingerprint density at radius 1 is 0.872 bits per heavy atom. The van der Waals surface area contributed by atoms with Crippen LogP contribution in [0.2, 0.25) is 0 Å². The molecule has 78 heavy (non-hydrogen) atoms. The predicted molar refractivity (Wildman–Crippen MR) is 307 cm³/mol. The van der Waals surface area contributed by atoms with Crippen LogP contribution in [-0.4, -0.2) is 90.6 Å². The van der Waals surface area contributed by atoms with Crippen molar-refractivity contribution in [3.8, 4) is 11.6 Å². The molecule has 5 N–H and O–H groups in total. The second kappa shape index (κ2) is 21.2. The molecule has 2 aromatic heterocycles. The van der Waals surface area contributed by atoms with Crippen molar-refractivity contribution < 1.29 is 28.4 Å². The summed E-state index contributed by atoms with van der Waals surface area (Å²) in [6.45, 7) is 23.5. The van der Waals surface area contributed by atoms with Gasteiger partial charge in [-0.3, -0.25) is 14.4 Å². The number of rotatable bonds is 16. The highest BCUT2D eigenvalue weighted by molar-refractivity contribution is 6.03. The fourth-order valence-electron chi connectivity index (χ4n) is 12.2. The first-order valence-corrected chi connectivity index (χ1v) is 27.1. The lowest BCUT2D eigenvalue weighted by Crippen LogP contribution is -2.48. The Hall–Kier alpha value is -8.33. The van der Waals surface area contributed by atoms with E-state index in [4.69, 9.17) is 15.2 Å². The van der Waals surface area contributed by atoms with Crippen molar-refractivity contribution in [2.24, 2.45) is 11.8 Å². The average Bonchev–Trinajstić information content (AvgIpc) is 3.78. The van der Waals surface area contributed by atoms with Gasteiger partial charge in [-0.05, 0) is 118 Å². The third kappa shape index (κ3) is 10.3. The Bertz CT molecular complexity index is 3510. The molecule has 1 aliphatic carbocycles. The lowest BCUT2D eigenvalue weighted by Gasteiger charge is -2.44. The van der Waals surface area contributed by atoms with E-state index in [0.29, 0.717) is 54.2 Å². The molecule has 0 bridgehead atoms. The molecule has 5 heterocycles. The molecule has 3 aliphatic heterocycles. The molecule has 0 radical (unpaired) electrons. The molecule has 0 spiro atoms. The summed E-state index contributed by atoms with van der Waals surface area (Å²) in [6, 6.07) is 27.5. The van der Waals surface area contributed by atoms with Gasteiger partial charge in [-0.1, -0.05) is 67.1 Å².